The van der Waals surface area contributed by atoms with Gasteiger partial charge in [0.05, 0.1) is 17.6 Å². The molecule has 6 nitrogen and oxygen atoms in total. The van der Waals surface area contributed by atoms with E-state index in [1.807, 2.05) is 0 Å². The summed E-state index contributed by atoms with van der Waals surface area (Å²) >= 11 is 0. The Labute approximate surface area is 92.9 Å². The maximum Gasteiger partial charge on any atom is 0.269 e. The minimum atomic E-state index is -0.819. The van der Waals surface area contributed by atoms with Crippen molar-refractivity contribution in [2.75, 3.05) is 25.1 Å². The first-order valence-electron chi connectivity index (χ1n) is 4.79. The largest absolute Gasteiger partial charge is 0.394 e. The molecule has 2 N–H and O–H groups in total. The molecular weight excluding hydrogens is 212 g/mol. The van der Waals surface area contributed by atoms with Crippen LogP contribution in [0.1, 0.15) is 0 Å². The molecule has 88 valence electrons. The monoisotopic (exact) mass is 226 g/mol. The van der Waals surface area contributed by atoms with Crippen LogP contribution in [0.5, 0.6) is 0 Å². The molecule has 0 amide bonds. The number of hydrogen-bond acceptors (Lipinski definition) is 5. The Kier molecular flexibility index (Phi) is 4.21. The number of rotatable bonds is 5. The van der Waals surface area contributed by atoms with Crippen molar-refractivity contribution in [3.05, 3.63) is 34.4 Å². The molecule has 0 heterocycles. The minimum absolute atomic E-state index is 0.0276. The predicted molar refractivity (Wildman–Crippen MR) is 59.5 cm³/mol. The van der Waals surface area contributed by atoms with Crippen molar-refractivity contribution in [2.24, 2.45) is 0 Å². The van der Waals surface area contributed by atoms with E-state index < -0.39 is 11.0 Å². The van der Waals surface area contributed by atoms with Gasteiger partial charge in [-0.15, -0.1) is 0 Å². The molecule has 0 aromatic heterocycles. The molecule has 1 aromatic rings. The van der Waals surface area contributed by atoms with Crippen molar-refractivity contribution in [1.29, 1.82) is 0 Å². The Morgan fingerprint density at radius 3 is 2.44 bits per heavy atom. The zero-order valence-electron chi connectivity index (χ0n) is 8.91. The highest BCUT2D eigenvalue weighted by molar-refractivity contribution is 5.50. The fraction of sp³-hybridized carbons (Fsp3) is 0.400. The Bertz CT molecular complexity index is 352. The van der Waals surface area contributed by atoms with Gasteiger partial charge in [-0.1, -0.05) is 0 Å². The first kappa shape index (κ1) is 12.4. The molecule has 0 aliphatic carbocycles. The lowest BCUT2D eigenvalue weighted by Gasteiger charge is -2.21. The van der Waals surface area contributed by atoms with E-state index in [2.05, 4.69) is 0 Å². The molecule has 1 atom stereocenters. The highest BCUT2D eigenvalue weighted by Crippen LogP contribution is 2.18. The number of benzene rings is 1. The van der Waals surface area contributed by atoms with E-state index in [4.69, 9.17) is 5.11 Å². The molecule has 0 bridgehead atoms. The Morgan fingerprint density at radius 2 is 2.00 bits per heavy atom. The summed E-state index contributed by atoms with van der Waals surface area (Å²) in [5, 5.41) is 28.3. The molecule has 16 heavy (non-hydrogen) atoms. The Hall–Kier alpha value is -1.66. The number of nitro groups is 1. The van der Waals surface area contributed by atoms with Gasteiger partial charge in [0.1, 0.15) is 0 Å². The predicted octanol–water partition coefficient (Wildman–Crippen LogP) is 0.384. The van der Waals surface area contributed by atoms with E-state index in [0.717, 1.165) is 5.69 Å². The molecule has 1 rings (SSSR count). The third kappa shape index (κ3) is 3.18. The van der Waals surface area contributed by atoms with Crippen LogP contribution in [0.15, 0.2) is 24.3 Å². The van der Waals surface area contributed by atoms with Gasteiger partial charge in [-0.05, 0) is 12.1 Å². The minimum Gasteiger partial charge on any atom is -0.394 e. The quantitative estimate of drug-likeness (QED) is 0.560. The molecule has 6 heteroatoms. The molecule has 0 saturated heterocycles. The zero-order chi connectivity index (χ0) is 12.1. The summed E-state index contributed by atoms with van der Waals surface area (Å²) in [5.74, 6) is 0. The lowest BCUT2D eigenvalue weighted by Crippen LogP contribution is -2.31. The number of anilines is 1. The van der Waals surface area contributed by atoms with Gasteiger partial charge >= 0.3 is 0 Å². The normalized spacial score (nSPS) is 12.2. The second-order valence-electron chi connectivity index (χ2n) is 3.49. The highest BCUT2D eigenvalue weighted by Gasteiger charge is 2.09. The summed E-state index contributed by atoms with van der Waals surface area (Å²) in [6, 6.07) is 6.00. The van der Waals surface area contributed by atoms with E-state index in [9.17, 15) is 15.2 Å². The fourth-order valence-electron chi connectivity index (χ4n) is 1.31. The van der Waals surface area contributed by atoms with Gasteiger partial charge in [0, 0.05) is 31.4 Å². The second kappa shape index (κ2) is 5.43. The van der Waals surface area contributed by atoms with Crippen LogP contribution in [-0.4, -0.2) is 41.4 Å². The van der Waals surface area contributed by atoms with Crippen LogP contribution in [0.4, 0.5) is 11.4 Å². The van der Waals surface area contributed by atoms with Crippen molar-refractivity contribution in [2.45, 2.75) is 6.10 Å². The summed E-state index contributed by atoms with van der Waals surface area (Å²) in [6.07, 6.45) is -0.819. The SMILES string of the molecule is CN(C[C@H](O)CO)c1ccc([N+](=O)[O-])cc1. The lowest BCUT2D eigenvalue weighted by atomic mass is 10.2. The first-order valence-corrected chi connectivity index (χ1v) is 4.79. The van der Waals surface area contributed by atoms with Gasteiger partial charge in [-0.3, -0.25) is 10.1 Å². The van der Waals surface area contributed by atoms with Gasteiger partial charge < -0.3 is 15.1 Å². The van der Waals surface area contributed by atoms with Crippen LogP contribution in [0.3, 0.4) is 0 Å². The molecule has 0 aliphatic heterocycles. The number of non-ortho nitro benzene ring substituents is 1. The smallest absolute Gasteiger partial charge is 0.269 e. The molecule has 0 spiro atoms. The van der Waals surface area contributed by atoms with E-state index >= 15 is 0 Å². The van der Waals surface area contributed by atoms with Gasteiger partial charge in [-0.25, -0.2) is 0 Å². The third-order valence-corrected chi connectivity index (χ3v) is 2.20. The van der Waals surface area contributed by atoms with Gasteiger partial charge in [0.2, 0.25) is 0 Å². The summed E-state index contributed by atoms with van der Waals surface area (Å²) in [5.41, 5.74) is 0.776. The second-order valence-corrected chi connectivity index (χ2v) is 3.49. The summed E-state index contributed by atoms with van der Waals surface area (Å²) in [7, 11) is 1.74. The topological polar surface area (TPSA) is 86.8 Å². The van der Waals surface area contributed by atoms with Gasteiger partial charge in [0.15, 0.2) is 0 Å². The van der Waals surface area contributed by atoms with Crippen LogP contribution >= 0.6 is 0 Å². The van der Waals surface area contributed by atoms with Crippen molar-refractivity contribution in [3.63, 3.8) is 0 Å². The maximum absolute atomic E-state index is 10.4. The van der Waals surface area contributed by atoms with Crippen molar-refractivity contribution in [1.82, 2.24) is 0 Å². The molecule has 0 aliphatic rings. The number of nitro benzene ring substituents is 1. The van der Waals surface area contributed by atoms with E-state index in [0.29, 0.717) is 0 Å². The molecule has 0 unspecified atom stereocenters. The van der Waals surface area contributed by atoms with Crippen LogP contribution in [0.25, 0.3) is 0 Å². The summed E-state index contributed by atoms with van der Waals surface area (Å²) in [4.78, 5) is 11.7. The van der Waals surface area contributed by atoms with Gasteiger partial charge in [0.25, 0.3) is 5.69 Å². The van der Waals surface area contributed by atoms with Crippen molar-refractivity contribution < 1.29 is 15.1 Å². The standard InChI is InChI=1S/C10H14N2O4/c1-11(6-10(14)7-13)8-2-4-9(5-3-8)12(15)16/h2-5,10,13-14H,6-7H2,1H3/t10-/m0/s1. The number of aliphatic hydroxyl groups is 2. The third-order valence-electron chi connectivity index (χ3n) is 2.20. The van der Waals surface area contributed by atoms with E-state index in [-0.39, 0.29) is 18.8 Å². The highest BCUT2D eigenvalue weighted by atomic mass is 16.6. The molecule has 0 saturated carbocycles. The summed E-state index contributed by atoms with van der Waals surface area (Å²) < 4.78 is 0. The Morgan fingerprint density at radius 1 is 1.44 bits per heavy atom. The van der Waals surface area contributed by atoms with Crippen LogP contribution < -0.4 is 4.90 Å². The number of likely N-dealkylation sites (N-methyl/N-ethyl adjacent to an activating group) is 1. The number of nitrogens with zero attached hydrogens (tertiary/aromatic N) is 2. The van der Waals surface area contributed by atoms with Crippen LogP contribution in [-0.2, 0) is 0 Å². The molecule has 0 radical (unpaired) electrons. The number of hydrogen-bond donors (Lipinski definition) is 2. The summed E-state index contributed by atoms with van der Waals surface area (Å²) in [6.45, 7) is -0.0361. The molecular formula is C10H14N2O4. The molecule has 1 aromatic carbocycles. The van der Waals surface area contributed by atoms with Gasteiger partial charge in [-0.2, -0.15) is 0 Å². The first-order chi connectivity index (χ1) is 7.54. The number of aliphatic hydroxyl groups excluding tert-OH is 2. The lowest BCUT2D eigenvalue weighted by molar-refractivity contribution is -0.384. The average Bonchev–Trinajstić information content (AvgIpc) is 2.28. The van der Waals surface area contributed by atoms with Crippen molar-refractivity contribution in [3.8, 4) is 0 Å². The van der Waals surface area contributed by atoms with Crippen molar-refractivity contribution >= 4 is 11.4 Å². The van der Waals surface area contributed by atoms with Crippen LogP contribution in [0.2, 0.25) is 0 Å². The fourth-order valence-corrected chi connectivity index (χ4v) is 1.31. The van der Waals surface area contributed by atoms with E-state index in [1.165, 1.54) is 12.1 Å². The Balaban J connectivity index is 2.70. The van der Waals surface area contributed by atoms with E-state index in [1.54, 1.807) is 24.1 Å². The maximum atomic E-state index is 10.4. The zero-order valence-corrected chi connectivity index (χ0v) is 8.91. The van der Waals surface area contributed by atoms with Crippen LogP contribution in [0, 0.1) is 10.1 Å². The average molecular weight is 226 g/mol. The molecule has 0 fully saturated rings.